The molecule has 10 heavy (non-hydrogen) atoms. The van der Waals surface area contributed by atoms with Gasteiger partial charge in [-0.15, -0.1) is 0 Å². The summed E-state index contributed by atoms with van der Waals surface area (Å²) in [6, 6.07) is 9.16. The summed E-state index contributed by atoms with van der Waals surface area (Å²) in [4.78, 5) is 0. The van der Waals surface area contributed by atoms with E-state index in [1.165, 1.54) is 0 Å². The van der Waals surface area contributed by atoms with Crippen molar-refractivity contribution in [1.29, 1.82) is 0 Å². The van der Waals surface area contributed by atoms with Crippen molar-refractivity contribution in [3.05, 3.63) is 35.9 Å². The van der Waals surface area contributed by atoms with Gasteiger partial charge in [0.05, 0.1) is 12.1 Å². The van der Waals surface area contributed by atoms with Gasteiger partial charge in [-0.1, -0.05) is 30.3 Å². The highest BCUT2D eigenvalue weighted by Crippen LogP contribution is 2.22. The molecule has 0 saturated carbocycles. The second-order valence-corrected chi connectivity index (χ2v) is 2.61. The molecule has 0 aliphatic rings. The summed E-state index contributed by atoms with van der Waals surface area (Å²) in [7, 11) is 0. The first kappa shape index (κ1) is 7.57. The fourth-order valence-electron chi connectivity index (χ4n) is 0.694. The Kier molecular flexibility index (Phi) is 2.71. The van der Waals surface area contributed by atoms with Gasteiger partial charge < -0.3 is 5.73 Å². The molecular formula is C7H8FNS. The van der Waals surface area contributed by atoms with Crippen molar-refractivity contribution in [1.82, 2.24) is 0 Å². The van der Waals surface area contributed by atoms with Gasteiger partial charge in [-0.05, 0) is 5.56 Å². The number of rotatable bonds is 2. The summed E-state index contributed by atoms with van der Waals surface area (Å²) in [6.07, 6.45) is 0. The molecule has 1 unspecified atom stereocenters. The van der Waals surface area contributed by atoms with Gasteiger partial charge in [0, 0.05) is 0 Å². The Morgan fingerprint density at radius 3 is 2.40 bits per heavy atom. The minimum absolute atomic E-state index is 0.156. The van der Waals surface area contributed by atoms with Gasteiger partial charge >= 0.3 is 0 Å². The maximum atomic E-state index is 11.9. The van der Waals surface area contributed by atoms with E-state index in [1.807, 2.05) is 18.2 Å². The summed E-state index contributed by atoms with van der Waals surface area (Å²) in [6.45, 7) is 0. The van der Waals surface area contributed by atoms with E-state index >= 15 is 0 Å². The Morgan fingerprint density at radius 1 is 1.30 bits per heavy atom. The van der Waals surface area contributed by atoms with Crippen LogP contribution in [-0.2, 0) is 0 Å². The number of hydrogen-bond acceptors (Lipinski definition) is 2. The molecule has 3 heteroatoms. The zero-order chi connectivity index (χ0) is 7.40. The number of halogens is 1. The van der Waals surface area contributed by atoms with Crippen LogP contribution >= 0.6 is 12.1 Å². The Balaban J connectivity index is 2.75. The van der Waals surface area contributed by atoms with Crippen LogP contribution in [0.2, 0.25) is 0 Å². The van der Waals surface area contributed by atoms with Crippen molar-refractivity contribution in [2.45, 2.75) is 5.37 Å². The highest BCUT2D eigenvalue weighted by molar-refractivity contribution is 7.94. The first-order valence-electron chi connectivity index (χ1n) is 2.92. The largest absolute Gasteiger partial charge is 0.313 e. The van der Waals surface area contributed by atoms with Crippen molar-refractivity contribution in [2.75, 3.05) is 0 Å². The normalized spacial score (nSPS) is 13.0. The van der Waals surface area contributed by atoms with Crippen molar-refractivity contribution >= 4 is 12.1 Å². The van der Waals surface area contributed by atoms with Crippen molar-refractivity contribution in [2.24, 2.45) is 5.73 Å². The Bertz CT molecular complexity index is 190. The maximum absolute atomic E-state index is 11.9. The highest BCUT2D eigenvalue weighted by Gasteiger charge is 2.03. The minimum atomic E-state index is -0.541. The van der Waals surface area contributed by atoms with Crippen LogP contribution in [0.4, 0.5) is 3.89 Å². The average Bonchev–Trinajstić information content (AvgIpc) is 2.05. The minimum Gasteiger partial charge on any atom is -0.313 e. The molecule has 0 aliphatic carbocycles. The van der Waals surface area contributed by atoms with Gasteiger partial charge in [0.2, 0.25) is 0 Å². The van der Waals surface area contributed by atoms with Crippen LogP contribution in [0.1, 0.15) is 10.9 Å². The zero-order valence-corrected chi connectivity index (χ0v) is 6.14. The number of benzene rings is 1. The van der Waals surface area contributed by atoms with Crippen LogP contribution < -0.4 is 5.73 Å². The fraction of sp³-hybridized carbons (Fsp3) is 0.143. The monoisotopic (exact) mass is 157 g/mol. The quantitative estimate of drug-likeness (QED) is 0.666. The Hall–Kier alpha value is -0.540. The average molecular weight is 157 g/mol. The van der Waals surface area contributed by atoms with E-state index in [4.69, 9.17) is 5.73 Å². The SMILES string of the molecule is NC(SF)c1ccccc1. The third-order valence-corrected chi connectivity index (χ3v) is 1.69. The fourth-order valence-corrected chi connectivity index (χ4v) is 0.954. The van der Waals surface area contributed by atoms with Gasteiger partial charge in [0.1, 0.15) is 5.37 Å². The van der Waals surface area contributed by atoms with Gasteiger partial charge in [-0.2, -0.15) is 3.89 Å². The Morgan fingerprint density at radius 2 is 1.90 bits per heavy atom. The molecule has 0 fully saturated rings. The standard InChI is InChI=1S/C7H8FNS/c8-10-7(9)6-4-2-1-3-5-6/h1-5,7H,9H2. The topological polar surface area (TPSA) is 26.0 Å². The van der Waals surface area contributed by atoms with E-state index in [-0.39, 0.29) is 12.1 Å². The summed E-state index contributed by atoms with van der Waals surface area (Å²) in [5.74, 6) is 0. The first-order valence-corrected chi connectivity index (χ1v) is 3.70. The molecule has 0 amide bonds. The molecule has 0 aliphatic heterocycles. The molecule has 0 radical (unpaired) electrons. The molecular weight excluding hydrogens is 149 g/mol. The van der Waals surface area contributed by atoms with Crippen LogP contribution in [-0.4, -0.2) is 0 Å². The molecule has 54 valence electrons. The molecule has 1 aromatic carbocycles. The van der Waals surface area contributed by atoms with E-state index in [1.54, 1.807) is 12.1 Å². The van der Waals surface area contributed by atoms with Gasteiger partial charge in [-0.3, -0.25) is 0 Å². The lowest BCUT2D eigenvalue weighted by atomic mass is 10.2. The lowest BCUT2D eigenvalue weighted by Crippen LogP contribution is -2.03. The smallest absolute Gasteiger partial charge is 0.108 e. The molecule has 0 aromatic heterocycles. The molecule has 1 nitrogen and oxygen atoms in total. The van der Waals surface area contributed by atoms with Crippen LogP contribution in [0.15, 0.2) is 30.3 Å². The highest BCUT2D eigenvalue weighted by atomic mass is 32.2. The van der Waals surface area contributed by atoms with Crippen LogP contribution in [0.5, 0.6) is 0 Å². The predicted octanol–water partition coefficient (Wildman–Crippen LogP) is 2.26. The first-order chi connectivity index (χ1) is 4.84. The summed E-state index contributed by atoms with van der Waals surface area (Å²) in [5, 5.41) is -0.541. The second-order valence-electron chi connectivity index (χ2n) is 1.92. The van der Waals surface area contributed by atoms with Crippen LogP contribution in [0, 0.1) is 0 Å². The molecule has 0 heterocycles. The number of nitrogens with two attached hydrogens (primary N) is 1. The van der Waals surface area contributed by atoms with E-state index in [0.29, 0.717) is 0 Å². The zero-order valence-electron chi connectivity index (χ0n) is 5.33. The van der Waals surface area contributed by atoms with E-state index in [0.717, 1.165) is 5.56 Å². The molecule has 2 N–H and O–H groups in total. The second kappa shape index (κ2) is 3.58. The van der Waals surface area contributed by atoms with Crippen molar-refractivity contribution in [3.63, 3.8) is 0 Å². The Labute approximate surface area is 63.7 Å². The van der Waals surface area contributed by atoms with E-state index in [2.05, 4.69) is 0 Å². The van der Waals surface area contributed by atoms with E-state index < -0.39 is 5.37 Å². The van der Waals surface area contributed by atoms with Crippen LogP contribution in [0.25, 0.3) is 0 Å². The molecule has 1 atom stereocenters. The number of hydrogen-bond donors (Lipinski definition) is 1. The molecule has 0 bridgehead atoms. The summed E-state index contributed by atoms with van der Waals surface area (Å²) in [5.41, 5.74) is 6.20. The lowest BCUT2D eigenvalue weighted by molar-refractivity contribution is 0.888. The van der Waals surface area contributed by atoms with Gasteiger partial charge in [0.25, 0.3) is 0 Å². The van der Waals surface area contributed by atoms with Crippen LogP contribution in [0.3, 0.4) is 0 Å². The molecule has 0 saturated heterocycles. The van der Waals surface area contributed by atoms with Crippen molar-refractivity contribution in [3.8, 4) is 0 Å². The third kappa shape index (κ3) is 1.72. The van der Waals surface area contributed by atoms with E-state index in [9.17, 15) is 3.89 Å². The lowest BCUT2D eigenvalue weighted by Gasteiger charge is -2.03. The molecule has 1 aromatic rings. The maximum Gasteiger partial charge on any atom is 0.108 e. The summed E-state index contributed by atoms with van der Waals surface area (Å²) >= 11 is 0.156. The van der Waals surface area contributed by atoms with Crippen molar-refractivity contribution < 1.29 is 3.89 Å². The van der Waals surface area contributed by atoms with Gasteiger partial charge in [-0.25, -0.2) is 0 Å². The molecule has 0 spiro atoms. The third-order valence-electron chi connectivity index (χ3n) is 1.22. The summed E-state index contributed by atoms with van der Waals surface area (Å²) < 4.78 is 11.9. The molecule has 1 rings (SSSR count). The van der Waals surface area contributed by atoms with Gasteiger partial charge in [0.15, 0.2) is 0 Å². The predicted molar refractivity (Wildman–Crippen MR) is 42.1 cm³/mol.